The standard InChI is InChI=1S/C8H10N2O3/c1-2-13-8(11)7-6(9)4-3-5-10(7)12/h3-5H,2,9H2,1H3. The van der Waals surface area contributed by atoms with Gasteiger partial charge in [0.25, 0.3) is 0 Å². The molecule has 0 radical (unpaired) electrons. The highest BCUT2D eigenvalue weighted by Gasteiger charge is 2.20. The number of esters is 1. The maximum Gasteiger partial charge on any atom is 0.407 e. The number of nitrogens with zero attached hydrogens (tertiary/aromatic N) is 1. The van der Waals surface area contributed by atoms with E-state index in [2.05, 4.69) is 4.74 Å². The van der Waals surface area contributed by atoms with Gasteiger partial charge in [0.15, 0.2) is 6.20 Å². The molecule has 1 heterocycles. The summed E-state index contributed by atoms with van der Waals surface area (Å²) in [6, 6.07) is 2.94. The minimum absolute atomic E-state index is 0.121. The maximum atomic E-state index is 11.2. The van der Waals surface area contributed by atoms with Gasteiger partial charge in [0.1, 0.15) is 5.69 Å². The Bertz CT molecular complexity index is 305. The Labute approximate surface area is 75.3 Å². The van der Waals surface area contributed by atoms with E-state index in [0.29, 0.717) is 4.73 Å². The van der Waals surface area contributed by atoms with Crippen molar-refractivity contribution in [2.75, 3.05) is 12.3 Å². The van der Waals surface area contributed by atoms with Crippen molar-refractivity contribution in [1.82, 2.24) is 0 Å². The fourth-order valence-electron chi connectivity index (χ4n) is 0.913. The van der Waals surface area contributed by atoms with E-state index in [4.69, 9.17) is 5.73 Å². The van der Waals surface area contributed by atoms with Gasteiger partial charge < -0.3 is 15.7 Å². The van der Waals surface area contributed by atoms with E-state index in [1.54, 1.807) is 6.92 Å². The predicted octanol–water partition coefficient (Wildman–Crippen LogP) is 0.0789. The zero-order valence-corrected chi connectivity index (χ0v) is 7.19. The van der Waals surface area contributed by atoms with Gasteiger partial charge in [-0.1, -0.05) is 0 Å². The van der Waals surface area contributed by atoms with E-state index in [1.807, 2.05) is 0 Å². The van der Waals surface area contributed by atoms with Gasteiger partial charge in [0.2, 0.25) is 0 Å². The number of rotatable bonds is 2. The number of pyridine rings is 1. The van der Waals surface area contributed by atoms with Gasteiger partial charge >= 0.3 is 11.7 Å². The van der Waals surface area contributed by atoms with Gasteiger partial charge in [-0.25, -0.2) is 4.79 Å². The highest BCUT2D eigenvalue weighted by molar-refractivity contribution is 5.91. The smallest absolute Gasteiger partial charge is 0.407 e. The molecule has 0 aliphatic heterocycles. The Morgan fingerprint density at radius 2 is 2.46 bits per heavy atom. The number of hydrogen-bond donors (Lipinski definition) is 1. The van der Waals surface area contributed by atoms with Crippen LogP contribution in [0.2, 0.25) is 0 Å². The summed E-state index contributed by atoms with van der Waals surface area (Å²) in [5, 5.41) is 11.1. The normalized spacial score (nSPS) is 9.62. The average molecular weight is 182 g/mol. The first-order chi connectivity index (χ1) is 6.16. The average Bonchev–Trinajstić information content (AvgIpc) is 2.04. The second kappa shape index (κ2) is 3.75. The van der Waals surface area contributed by atoms with E-state index >= 15 is 0 Å². The van der Waals surface area contributed by atoms with Crippen molar-refractivity contribution in [2.45, 2.75) is 6.92 Å². The maximum absolute atomic E-state index is 11.2. The highest BCUT2D eigenvalue weighted by atomic mass is 16.5. The third kappa shape index (κ3) is 1.87. The number of nitrogen functional groups attached to an aromatic ring is 1. The van der Waals surface area contributed by atoms with Crippen LogP contribution in [0.5, 0.6) is 0 Å². The van der Waals surface area contributed by atoms with Crippen LogP contribution in [0.3, 0.4) is 0 Å². The summed E-state index contributed by atoms with van der Waals surface area (Å²) in [6.45, 7) is 1.87. The molecule has 0 fully saturated rings. The first kappa shape index (κ1) is 9.31. The Hall–Kier alpha value is -1.78. The Kier molecular flexibility index (Phi) is 2.69. The highest BCUT2D eigenvalue weighted by Crippen LogP contribution is 2.06. The Morgan fingerprint density at radius 3 is 3.00 bits per heavy atom. The zero-order chi connectivity index (χ0) is 9.84. The molecule has 0 bridgehead atoms. The van der Waals surface area contributed by atoms with Crippen LogP contribution < -0.4 is 10.5 Å². The molecule has 0 spiro atoms. The van der Waals surface area contributed by atoms with Crippen LogP contribution in [0.15, 0.2) is 18.3 Å². The van der Waals surface area contributed by atoms with Gasteiger partial charge in [-0.15, -0.1) is 0 Å². The summed E-state index contributed by atoms with van der Waals surface area (Å²) < 4.78 is 5.05. The van der Waals surface area contributed by atoms with Crippen LogP contribution in [0.4, 0.5) is 5.69 Å². The van der Waals surface area contributed by atoms with Crippen LogP contribution >= 0.6 is 0 Å². The largest absolute Gasteiger partial charge is 0.618 e. The second-order valence-electron chi connectivity index (χ2n) is 2.36. The van der Waals surface area contributed by atoms with Crippen molar-refractivity contribution in [2.24, 2.45) is 0 Å². The van der Waals surface area contributed by atoms with E-state index in [0.717, 1.165) is 0 Å². The molecule has 0 saturated heterocycles. The molecule has 5 heteroatoms. The quantitative estimate of drug-likeness (QED) is 0.399. The molecule has 1 aromatic rings. The lowest BCUT2D eigenvalue weighted by atomic mass is 10.3. The van der Waals surface area contributed by atoms with Crippen LogP contribution in [0, 0.1) is 5.21 Å². The lowest BCUT2D eigenvalue weighted by molar-refractivity contribution is -0.607. The summed E-state index contributed by atoms with van der Waals surface area (Å²) in [4.78, 5) is 11.2. The molecule has 0 aliphatic rings. The number of nitrogens with two attached hydrogens (primary N) is 1. The van der Waals surface area contributed by atoms with E-state index in [1.165, 1.54) is 18.3 Å². The molecular weight excluding hydrogens is 172 g/mol. The molecular formula is C8H10N2O3. The molecule has 0 atom stereocenters. The van der Waals surface area contributed by atoms with Crippen molar-refractivity contribution in [3.05, 3.63) is 29.2 Å². The van der Waals surface area contributed by atoms with E-state index < -0.39 is 5.97 Å². The van der Waals surface area contributed by atoms with Gasteiger partial charge in [0, 0.05) is 6.07 Å². The second-order valence-corrected chi connectivity index (χ2v) is 2.36. The van der Waals surface area contributed by atoms with E-state index in [-0.39, 0.29) is 18.0 Å². The Morgan fingerprint density at radius 1 is 1.77 bits per heavy atom. The zero-order valence-electron chi connectivity index (χ0n) is 7.19. The number of carbonyl (C=O) groups excluding carboxylic acids is 1. The summed E-state index contributed by atoms with van der Waals surface area (Å²) in [5.41, 5.74) is 5.39. The number of aromatic nitrogens is 1. The first-order valence-corrected chi connectivity index (χ1v) is 3.81. The molecule has 2 N–H and O–H groups in total. The van der Waals surface area contributed by atoms with Crippen LogP contribution in [0.25, 0.3) is 0 Å². The molecule has 0 aromatic carbocycles. The van der Waals surface area contributed by atoms with Crippen LogP contribution in [0.1, 0.15) is 17.4 Å². The third-order valence-electron chi connectivity index (χ3n) is 1.46. The van der Waals surface area contributed by atoms with Crippen molar-refractivity contribution >= 4 is 11.7 Å². The molecule has 70 valence electrons. The SMILES string of the molecule is CCOC(=O)c1c(N)ccc[n+]1[O-]. The molecule has 0 aliphatic carbocycles. The Balaban J connectivity index is 3.05. The van der Waals surface area contributed by atoms with Crippen LogP contribution in [-0.2, 0) is 4.74 Å². The van der Waals surface area contributed by atoms with Crippen molar-refractivity contribution < 1.29 is 14.3 Å². The predicted molar refractivity (Wildman–Crippen MR) is 45.8 cm³/mol. The third-order valence-corrected chi connectivity index (χ3v) is 1.46. The van der Waals surface area contributed by atoms with Gasteiger partial charge in [-0.2, -0.15) is 4.73 Å². The lowest BCUT2D eigenvalue weighted by Gasteiger charge is -2.04. The molecule has 5 nitrogen and oxygen atoms in total. The molecule has 0 unspecified atom stereocenters. The fraction of sp³-hybridized carbons (Fsp3) is 0.250. The fourth-order valence-corrected chi connectivity index (χ4v) is 0.913. The summed E-state index contributed by atoms with van der Waals surface area (Å²) in [6.07, 6.45) is 1.20. The topological polar surface area (TPSA) is 79.3 Å². The minimum atomic E-state index is -0.699. The minimum Gasteiger partial charge on any atom is -0.618 e. The summed E-state index contributed by atoms with van der Waals surface area (Å²) in [7, 11) is 0. The summed E-state index contributed by atoms with van der Waals surface area (Å²) >= 11 is 0. The first-order valence-electron chi connectivity index (χ1n) is 3.81. The van der Waals surface area contributed by atoms with Crippen molar-refractivity contribution in [3.8, 4) is 0 Å². The van der Waals surface area contributed by atoms with Crippen molar-refractivity contribution in [3.63, 3.8) is 0 Å². The number of anilines is 1. The monoisotopic (exact) mass is 182 g/mol. The lowest BCUT2D eigenvalue weighted by Crippen LogP contribution is -2.35. The number of carbonyl (C=O) groups is 1. The van der Waals surface area contributed by atoms with Gasteiger partial charge in [0.05, 0.1) is 6.61 Å². The molecule has 1 rings (SSSR count). The van der Waals surface area contributed by atoms with E-state index in [9.17, 15) is 10.0 Å². The summed E-state index contributed by atoms with van der Waals surface area (Å²) in [5.74, 6) is -0.699. The number of ether oxygens (including phenoxy) is 1. The van der Waals surface area contributed by atoms with Gasteiger partial charge in [-0.3, -0.25) is 0 Å². The molecule has 0 amide bonds. The van der Waals surface area contributed by atoms with Crippen molar-refractivity contribution in [1.29, 1.82) is 0 Å². The van der Waals surface area contributed by atoms with Crippen LogP contribution in [-0.4, -0.2) is 12.6 Å². The molecule has 13 heavy (non-hydrogen) atoms. The van der Waals surface area contributed by atoms with Gasteiger partial charge in [-0.05, 0) is 13.0 Å². The number of hydrogen-bond acceptors (Lipinski definition) is 4. The molecule has 1 aromatic heterocycles. The molecule has 0 saturated carbocycles.